The lowest BCUT2D eigenvalue weighted by Gasteiger charge is -2.33. The number of carbonyl (C=O) groups excluding carboxylic acids is 3. The number of imide groups is 1. The molecule has 3 saturated heterocycles. The van der Waals surface area contributed by atoms with Gasteiger partial charge >= 0.3 is 0 Å². The molecule has 3 amide bonds. The van der Waals surface area contributed by atoms with E-state index in [0.717, 1.165) is 68.9 Å². The van der Waals surface area contributed by atoms with Gasteiger partial charge in [-0.15, -0.1) is 0 Å². The van der Waals surface area contributed by atoms with Crippen LogP contribution < -0.4 is 14.5 Å². The Morgan fingerprint density at radius 2 is 1.77 bits per heavy atom. The van der Waals surface area contributed by atoms with Crippen molar-refractivity contribution >= 4 is 23.4 Å². The molecule has 4 rings (SSSR count). The van der Waals surface area contributed by atoms with Crippen LogP contribution >= 0.6 is 0 Å². The molecule has 30 heavy (non-hydrogen) atoms. The van der Waals surface area contributed by atoms with Crippen molar-refractivity contribution < 1.29 is 24.0 Å². The van der Waals surface area contributed by atoms with Gasteiger partial charge in [0, 0.05) is 31.8 Å². The second kappa shape index (κ2) is 9.16. The molecule has 0 bridgehead atoms. The largest absolute Gasteiger partial charge is 0.494 e. The smallest absolute Gasteiger partial charge is 0.292 e. The maximum atomic E-state index is 13.1. The molecule has 0 saturated carbocycles. The number of piperidine rings is 1. The van der Waals surface area contributed by atoms with Gasteiger partial charge in [-0.25, -0.2) is 4.90 Å². The molecule has 1 atom stereocenters. The molecule has 0 aromatic heterocycles. The SMILES string of the molecule is CCCOc1ccc(N2C(=O)C[C@@H]([NH+]3CCC(C(=O)N4CCCC4)CC3)C2=O)cc1. The van der Waals surface area contributed by atoms with E-state index in [1.165, 1.54) is 4.90 Å². The summed E-state index contributed by atoms with van der Waals surface area (Å²) in [7, 11) is 0. The van der Waals surface area contributed by atoms with E-state index in [4.69, 9.17) is 4.74 Å². The molecule has 0 aliphatic carbocycles. The minimum atomic E-state index is -0.337. The number of nitrogens with zero attached hydrogens (tertiary/aromatic N) is 2. The molecule has 1 aromatic carbocycles. The summed E-state index contributed by atoms with van der Waals surface area (Å²) in [5.74, 6) is 0.835. The van der Waals surface area contributed by atoms with E-state index in [2.05, 4.69) is 0 Å². The van der Waals surface area contributed by atoms with Gasteiger partial charge < -0.3 is 14.5 Å². The predicted molar refractivity (Wildman–Crippen MR) is 112 cm³/mol. The number of anilines is 1. The van der Waals surface area contributed by atoms with Crippen LogP contribution in [0.4, 0.5) is 5.69 Å². The maximum Gasteiger partial charge on any atom is 0.292 e. The molecular weight excluding hydrogens is 382 g/mol. The highest BCUT2D eigenvalue weighted by atomic mass is 16.5. The van der Waals surface area contributed by atoms with Gasteiger partial charge in [0.15, 0.2) is 6.04 Å². The van der Waals surface area contributed by atoms with Crippen molar-refractivity contribution in [2.75, 3.05) is 37.7 Å². The highest BCUT2D eigenvalue weighted by molar-refractivity contribution is 6.21. The first-order chi connectivity index (χ1) is 14.6. The molecule has 0 radical (unpaired) electrons. The minimum absolute atomic E-state index is 0.0748. The second-order valence-corrected chi connectivity index (χ2v) is 8.63. The fraction of sp³-hybridized carbons (Fsp3) is 0.609. The summed E-state index contributed by atoms with van der Waals surface area (Å²) in [6, 6.07) is 6.83. The standard InChI is InChI=1S/C23H31N3O4/c1-2-15-30-19-7-5-18(6-8-19)26-21(27)16-20(23(26)29)24-13-9-17(10-14-24)22(28)25-11-3-4-12-25/h5-8,17,20H,2-4,9-16H2,1H3/p+1/t20-/m1/s1. The predicted octanol–water partition coefficient (Wildman–Crippen LogP) is 1.02. The van der Waals surface area contributed by atoms with Crippen LogP contribution in [0.2, 0.25) is 0 Å². The van der Waals surface area contributed by atoms with E-state index in [0.29, 0.717) is 12.3 Å². The lowest BCUT2D eigenvalue weighted by molar-refractivity contribution is -0.920. The molecule has 3 aliphatic rings. The van der Waals surface area contributed by atoms with Crippen LogP contribution in [-0.4, -0.2) is 61.4 Å². The number of rotatable bonds is 6. The van der Waals surface area contributed by atoms with Crippen LogP contribution in [0.1, 0.15) is 45.4 Å². The van der Waals surface area contributed by atoms with E-state index in [-0.39, 0.29) is 36.1 Å². The number of ether oxygens (including phenoxy) is 1. The summed E-state index contributed by atoms with van der Waals surface area (Å²) in [5.41, 5.74) is 0.606. The number of hydrogen-bond acceptors (Lipinski definition) is 4. The lowest BCUT2D eigenvalue weighted by Crippen LogP contribution is -3.17. The fourth-order valence-electron chi connectivity index (χ4n) is 4.91. The number of hydrogen-bond donors (Lipinski definition) is 1. The first-order valence-electron chi connectivity index (χ1n) is 11.3. The molecule has 7 nitrogen and oxygen atoms in total. The average molecular weight is 415 g/mol. The number of quaternary nitrogens is 1. The van der Waals surface area contributed by atoms with Gasteiger partial charge in [-0.05, 0) is 43.5 Å². The third-order valence-corrected chi connectivity index (χ3v) is 6.60. The highest BCUT2D eigenvalue weighted by Gasteiger charge is 2.47. The number of likely N-dealkylation sites (tertiary alicyclic amines) is 2. The molecule has 162 valence electrons. The topological polar surface area (TPSA) is 71.4 Å². The van der Waals surface area contributed by atoms with Crippen molar-refractivity contribution in [3.05, 3.63) is 24.3 Å². The van der Waals surface area contributed by atoms with Crippen LogP contribution in [0, 0.1) is 5.92 Å². The molecule has 7 heteroatoms. The number of carbonyl (C=O) groups is 3. The summed E-state index contributed by atoms with van der Waals surface area (Å²) in [6.45, 7) is 6.00. The molecule has 1 N–H and O–H groups in total. The van der Waals surface area contributed by atoms with Crippen LogP contribution in [0.3, 0.4) is 0 Å². The van der Waals surface area contributed by atoms with Crippen LogP contribution in [-0.2, 0) is 14.4 Å². The number of nitrogens with one attached hydrogen (secondary N) is 1. The normalized spacial score (nSPS) is 27.0. The van der Waals surface area contributed by atoms with Gasteiger partial charge in [-0.1, -0.05) is 6.92 Å². The molecule has 1 aromatic rings. The Morgan fingerprint density at radius 1 is 1.10 bits per heavy atom. The van der Waals surface area contributed by atoms with Crippen molar-refractivity contribution in [3.63, 3.8) is 0 Å². The third kappa shape index (κ3) is 4.21. The molecule has 0 spiro atoms. The Morgan fingerprint density at radius 3 is 2.40 bits per heavy atom. The number of benzene rings is 1. The zero-order chi connectivity index (χ0) is 21.1. The summed E-state index contributed by atoms with van der Waals surface area (Å²) in [6.07, 6.45) is 4.98. The van der Waals surface area contributed by atoms with E-state index in [1.807, 2.05) is 11.8 Å². The lowest BCUT2D eigenvalue weighted by atomic mass is 9.94. The highest BCUT2D eigenvalue weighted by Crippen LogP contribution is 2.25. The molecule has 3 aliphatic heterocycles. The Kier molecular flexibility index (Phi) is 6.37. The molecule has 0 unspecified atom stereocenters. The van der Waals surface area contributed by atoms with E-state index >= 15 is 0 Å². The maximum absolute atomic E-state index is 13.1. The fourth-order valence-corrected chi connectivity index (χ4v) is 4.91. The van der Waals surface area contributed by atoms with Gasteiger partial charge in [0.05, 0.1) is 31.8 Å². The van der Waals surface area contributed by atoms with Crippen LogP contribution in [0.25, 0.3) is 0 Å². The zero-order valence-corrected chi connectivity index (χ0v) is 17.8. The van der Waals surface area contributed by atoms with E-state index in [1.54, 1.807) is 24.3 Å². The van der Waals surface area contributed by atoms with Gasteiger partial charge in [0.1, 0.15) is 5.75 Å². The van der Waals surface area contributed by atoms with Gasteiger partial charge in [0.2, 0.25) is 11.8 Å². The van der Waals surface area contributed by atoms with E-state index < -0.39 is 0 Å². The van der Waals surface area contributed by atoms with Crippen molar-refractivity contribution in [1.29, 1.82) is 0 Å². The molecule has 3 heterocycles. The summed E-state index contributed by atoms with van der Waals surface area (Å²) in [5, 5.41) is 0. The van der Waals surface area contributed by atoms with Crippen molar-refractivity contribution in [1.82, 2.24) is 4.90 Å². The van der Waals surface area contributed by atoms with E-state index in [9.17, 15) is 14.4 Å². The summed E-state index contributed by atoms with van der Waals surface area (Å²) in [4.78, 5) is 42.8. The molecular formula is C23H32N3O4+. The number of amides is 3. The Hall–Kier alpha value is -2.41. The van der Waals surface area contributed by atoms with Gasteiger partial charge in [-0.2, -0.15) is 0 Å². The van der Waals surface area contributed by atoms with Gasteiger partial charge in [0.25, 0.3) is 5.91 Å². The quantitative estimate of drug-likeness (QED) is 0.706. The summed E-state index contributed by atoms with van der Waals surface area (Å²) < 4.78 is 5.59. The van der Waals surface area contributed by atoms with Crippen molar-refractivity contribution in [2.24, 2.45) is 5.92 Å². The Labute approximate surface area is 177 Å². The average Bonchev–Trinajstić information content (AvgIpc) is 3.41. The Bertz CT molecular complexity index is 780. The molecule has 3 fully saturated rings. The first-order valence-corrected chi connectivity index (χ1v) is 11.3. The summed E-state index contributed by atoms with van der Waals surface area (Å²) >= 11 is 0. The van der Waals surface area contributed by atoms with Crippen LogP contribution in [0.15, 0.2) is 24.3 Å². The minimum Gasteiger partial charge on any atom is -0.494 e. The Balaban J connectivity index is 1.35. The van der Waals surface area contributed by atoms with Crippen LogP contribution in [0.5, 0.6) is 5.75 Å². The zero-order valence-electron chi connectivity index (χ0n) is 17.8. The first kappa shape index (κ1) is 20.8. The van der Waals surface area contributed by atoms with Crippen molar-refractivity contribution in [2.45, 2.75) is 51.5 Å². The second-order valence-electron chi connectivity index (χ2n) is 8.63. The van der Waals surface area contributed by atoms with Crippen molar-refractivity contribution in [3.8, 4) is 5.75 Å². The van der Waals surface area contributed by atoms with Gasteiger partial charge in [-0.3, -0.25) is 14.4 Å². The monoisotopic (exact) mass is 414 g/mol. The third-order valence-electron chi connectivity index (χ3n) is 6.60.